The number of thiol groups is 1. The molecular formula is C7H17NOS. The Hall–Kier alpha value is 0.270. The van der Waals surface area contributed by atoms with Crippen LogP contribution in [0.25, 0.3) is 0 Å². The van der Waals surface area contributed by atoms with Crippen LogP contribution in [0.4, 0.5) is 0 Å². The lowest BCUT2D eigenvalue weighted by Gasteiger charge is -2.13. The molecule has 0 N–H and O–H groups in total. The Morgan fingerprint density at radius 2 is 2.10 bits per heavy atom. The van der Waals surface area contributed by atoms with Gasteiger partial charge in [-0.3, -0.25) is 0 Å². The molecule has 0 heterocycles. The average molecular weight is 163 g/mol. The quantitative estimate of drug-likeness (QED) is 0.461. The smallest absolute Gasteiger partial charge is 0.0474 e. The molecule has 10 heavy (non-hydrogen) atoms. The van der Waals surface area contributed by atoms with Gasteiger partial charge in [-0.2, -0.15) is 12.6 Å². The van der Waals surface area contributed by atoms with E-state index < -0.39 is 0 Å². The summed E-state index contributed by atoms with van der Waals surface area (Å²) in [6.07, 6.45) is 1.11. The molecule has 2 nitrogen and oxygen atoms in total. The molecule has 0 aliphatic heterocycles. The van der Waals surface area contributed by atoms with Crippen molar-refractivity contribution in [3.8, 4) is 0 Å². The van der Waals surface area contributed by atoms with Crippen LogP contribution in [0.1, 0.15) is 6.42 Å². The Balaban J connectivity index is 2.97. The van der Waals surface area contributed by atoms with Crippen LogP contribution in [0, 0.1) is 0 Å². The van der Waals surface area contributed by atoms with E-state index in [-0.39, 0.29) is 0 Å². The van der Waals surface area contributed by atoms with Gasteiger partial charge < -0.3 is 9.64 Å². The fourth-order valence-corrected chi connectivity index (χ4v) is 1.10. The molecule has 0 spiro atoms. The predicted octanol–water partition coefficient (Wildman–Crippen LogP) is 0.884. The lowest BCUT2D eigenvalue weighted by atomic mass is 10.4. The number of rotatable bonds is 6. The van der Waals surface area contributed by atoms with E-state index in [1.165, 1.54) is 0 Å². The van der Waals surface area contributed by atoms with Gasteiger partial charge in [0.25, 0.3) is 0 Å². The first kappa shape index (κ1) is 10.3. The largest absolute Gasteiger partial charge is 0.385 e. The van der Waals surface area contributed by atoms with E-state index in [0.29, 0.717) is 0 Å². The Morgan fingerprint density at radius 1 is 1.40 bits per heavy atom. The summed E-state index contributed by atoms with van der Waals surface area (Å²) in [5, 5.41) is 0. The number of hydrogen-bond acceptors (Lipinski definition) is 3. The topological polar surface area (TPSA) is 12.5 Å². The molecule has 0 rings (SSSR count). The van der Waals surface area contributed by atoms with Crippen LogP contribution >= 0.6 is 12.6 Å². The minimum Gasteiger partial charge on any atom is -0.385 e. The third-order valence-electron chi connectivity index (χ3n) is 1.37. The predicted molar refractivity (Wildman–Crippen MR) is 47.8 cm³/mol. The van der Waals surface area contributed by atoms with Gasteiger partial charge in [0.2, 0.25) is 0 Å². The zero-order valence-corrected chi connectivity index (χ0v) is 7.73. The summed E-state index contributed by atoms with van der Waals surface area (Å²) in [7, 11) is 3.84. The molecule has 0 atom stereocenters. The SMILES string of the molecule is COCCCN(C)CCS. The van der Waals surface area contributed by atoms with Crippen molar-refractivity contribution in [1.82, 2.24) is 4.90 Å². The molecule has 0 aromatic carbocycles. The van der Waals surface area contributed by atoms with Crippen LogP contribution in [0.2, 0.25) is 0 Å². The van der Waals surface area contributed by atoms with Crippen LogP contribution < -0.4 is 0 Å². The summed E-state index contributed by atoms with van der Waals surface area (Å²) in [6, 6.07) is 0. The van der Waals surface area contributed by atoms with Gasteiger partial charge in [0.1, 0.15) is 0 Å². The Kier molecular flexibility index (Phi) is 7.58. The van der Waals surface area contributed by atoms with Crippen molar-refractivity contribution in [2.24, 2.45) is 0 Å². The van der Waals surface area contributed by atoms with Crippen LogP contribution in [0.3, 0.4) is 0 Å². The van der Waals surface area contributed by atoms with Crippen molar-refractivity contribution in [2.45, 2.75) is 6.42 Å². The van der Waals surface area contributed by atoms with Crippen molar-refractivity contribution < 1.29 is 4.74 Å². The van der Waals surface area contributed by atoms with E-state index in [9.17, 15) is 0 Å². The third kappa shape index (κ3) is 6.39. The standard InChI is InChI=1S/C7H17NOS/c1-8(5-7-10)4-3-6-9-2/h10H,3-7H2,1-2H3. The van der Waals surface area contributed by atoms with E-state index in [1.54, 1.807) is 7.11 Å². The maximum absolute atomic E-state index is 4.92. The monoisotopic (exact) mass is 163 g/mol. The molecule has 0 radical (unpaired) electrons. The highest BCUT2D eigenvalue weighted by Gasteiger charge is 1.94. The van der Waals surface area contributed by atoms with Crippen molar-refractivity contribution in [3.05, 3.63) is 0 Å². The van der Waals surface area contributed by atoms with Crippen LogP contribution in [0.5, 0.6) is 0 Å². The molecule has 0 aromatic heterocycles. The van der Waals surface area contributed by atoms with Gasteiger partial charge >= 0.3 is 0 Å². The summed E-state index contributed by atoms with van der Waals surface area (Å²) >= 11 is 4.13. The van der Waals surface area contributed by atoms with E-state index in [1.807, 2.05) is 0 Å². The highest BCUT2D eigenvalue weighted by atomic mass is 32.1. The van der Waals surface area contributed by atoms with Gasteiger partial charge in [0, 0.05) is 32.6 Å². The molecule has 0 fully saturated rings. The van der Waals surface area contributed by atoms with Crippen LogP contribution in [0.15, 0.2) is 0 Å². The third-order valence-corrected chi connectivity index (χ3v) is 1.57. The maximum atomic E-state index is 4.92. The number of hydrogen-bond donors (Lipinski definition) is 1. The van der Waals surface area contributed by atoms with Crippen LogP contribution in [-0.4, -0.2) is 44.5 Å². The Morgan fingerprint density at radius 3 is 2.60 bits per heavy atom. The van der Waals surface area contributed by atoms with E-state index in [0.717, 1.165) is 31.9 Å². The first-order chi connectivity index (χ1) is 4.81. The molecule has 3 heteroatoms. The van der Waals surface area contributed by atoms with Crippen molar-refractivity contribution in [1.29, 1.82) is 0 Å². The minimum absolute atomic E-state index is 0.858. The average Bonchev–Trinajstić information content (AvgIpc) is 1.89. The van der Waals surface area contributed by atoms with E-state index in [4.69, 9.17) is 4.74 Å². The molecule has 0 unspecified atom stereocenters. The second-order valence-corrected chi connectivity index (χ2v) is 2.82. The lowest BCUT2D eigenvalue weighted by Crippen LogP contribution is -2.22. The highest BCUT2D eigenvalue weighted by molar-refractivity contribution is 7.80. The van der Waals surface area contributed by atoms with Crippen molar-refractivity contribution in [3.63, 3.8) is 0 Å². The van der Waals surface area contributed by atoms with E-state index in [2.05, 4.69) is 24.6 Å². The fraction of sp³-hybridized carbons (Fsp3) is 1.00. The summed E-state index contributed by atoms with van der Waals surface area (Å²) in [4.78, 5) is 2.26. The molecule has 0 aliphatic carbocycles. The zero-order chi connectivity index (χ0) is 7.82. The summed E-state index contributed by atoms with van der Waals surface area (Å²) in [6.45, 7) is 3.03. The minimum atomic E-state index is 0.858. The molecule has 0 aliphatic rings. The van der Waals surface area contributed by atoms with Crippen molar-refractivity contribution in [2.75, 3.05) is 39.6 Å². The second kappa shape index (κ2) is 7.38. The van der Waals surface area contributed by atoms with Gasteiger partial charge in [-0.15, -0.1) is 0 Å². The van der Waals surface area contributed by atoms with E-state index >= 15 is 0 Å². The summed E-state index contributed by atoms with van der Waals surface area (Å²) < 4.78 is 4.92. The molecule has 0 amide bonds. The zero-order valence-electron chi connectivity index (χ0n) is 6.84. The molecule has 0 bridgehead atoms. The second-order valence-electron chi connectivity index (χ2n) is 2.37. The lowest BCUT2D eigenvalue weighted by molar-refractivity contribution is 0.181. The molecular weight excluding hydrogens is 146 g/mol. The molecule has 0 aromatic rings. The maximum Gasteiger partial charge on any atom is 0.0474 e. The highest BCUT2D eigenvalue weighted by Crippen LogP contribution is 1.88. The number of methoxy groups -OCH3 is 1. The normalized spacial score (nSPS) is 10.8. The first-order valence-corrected chi connectivity index (χ1v) is 4.23. The Labute approximate surface area is 69.0 Å². The van der Waals surface area contributed by atoms with Crippen molar-refractivity contribution >= 4 is 12.6 Å². The number of ether oxygens (including phenoxy) is 1. The molecule has 62 valence electrons. The van der Waals surface area contributed by atoms with Gasteiger partial charge in [0.15, 0.2) is 0 Å². The number of nitrogens with zero attached hydrogens (tertiary/aromatic N) is 1. The summed E-state index contributed by atoms with van der Waals surface area (Å²) in [5.41, 5.74) is 0. The first-order valence-electron chi connectivity index (χ1n) is 3.59. The molecule has 0 saturated carbocycles. The molecule has 0 saturated heterocycles. The fourth-order valence-electron chi connectivity index (χ4n) is 0.761. The van der Waals surface area contributed by atoms with Crippen LogP contribution in [-0.2, 0) is 4.74 Å². The van der Waals surface area contributed by atoms with Gasteiger partial charge in [-0.1, -0.05) is 0 Å². The summed E-state index contributed by atoms with van der Waals surface area (Å²) in [5.74, 6) is 0.934. The Bertz CT molecular complexity index is 70.6. The van der Waals surface area contributed by atoms with Gasteiger partial charge in [0.05, 0.1) is 0 Å². The van der Waals surface area contributed by atoms with Gasteiger partial charge in [-0.25, -0.2) is 0 Å². The van der Waals surface area contributed by atoms with Gasteiger partial charge in [-0.05, 0) is 13.5 Å².